The van der Waals surface area contributed by atoms with Crippen molar-refractivity contribution < 1.29 is 14.6 Å². The molecule has 3 N–H and O–H groups in total. The summed E-state index contributed by atoms with van der Waals surface area (Å²) in [5.41, 5.74) is 0.248. The van der Waals surface area contributed by atoms with E-state index in [9.17, 15) is 9.90 Å². The second kappa shape index (κ2) is 5.48. The summed E-state index contributed by atoms with van der Waals surface area (Å²) in [6, 6.07) is 4.86. The van der Waals surface area contributed by atoms with Crippen molar-refractivity contribution in [2.75, 3.05) is 25.5 Å². The predicted molar refractivity (Wildman–Crippen MR) is 73.5 cm³/mol. The summed E-state index contributed by atoms with van der Waals surface area (Å²) in [6.07, 6.45) is 1.64. The number of methoxy groups -OCH3 is 1. The molecule has 0 spiro atoms. The van der Waals surface area contributed by atoms with Crippen LogP contribution in [0.15, 0.2) is 18.2 Å². The van der Waals surface area contributed by atoms with Gasteiger partial charge in [-0.2, -0.15) is 0 Å². The Hall–Kier alpha value is -1.75. The number of carbonyl (C=O) groups is 1. The van der Waals surface area contributed by atoms with E-state index in [4.69, 9.17) is 4.74 Å². The van der Waals surface area contributed by atoms with Crippen LogP contribution >= 0.6 is 0 Å². The molecule has 0 saturated carbocycles. The first-order chi connectivity index (χ1) is 9.11. The molecule has 1 aromatic rings. The number of amides is 1. The van der Waals surface area contributed by atoms with E-state index in [0.29, 0.717) is 18.0 Å². The number of carbonyl (C=O) groups excluding carboxylic acids is 1. The zero-order chi connectivity index (χ0) is 13.9. The maximum absolute atomic E-state index is 12.4. The van der Waals surface area contributed by atoms with Gasteiger partial charge in [0.15, 0.2) is 11.5 Å². The summed E-state index contributed by atoms with van der Waals surface area (Å²) in [5.74, 6) is 0.422. The fourth-order valence-corrected chi connectivity index (χ4v) is 2.43. The Morgan fingerprint density at radius 3 is 2.89 bits per heavy atom. The van der Waals surface area contributed by atoms with Crippen LogP contribution in [0, 0.1) is 5.41 Å². The van der Waals surface area contributed by atoms with E-state index in [1.807, 2.05) is 6.92 Å². The smallest absolute Gasteiger partial charge is 0.231 e. The molecule has 1 unspecified atom stereocenters. The van der Waals surface area contributed by atoms with Crippen LogP contribution < -0.4 is 15.4 Å². The first-order valence-corrected chi connectivity index (χ1v) is 6.50. The van der Waals surface area contributed by atoms with Crippen LogP contribution in [0.2, 0.25) is 0 Å². The Bertz CT molecular complexity index is 468. The lowest BCUT2D eigenvalue weighted by Gasteiger charge is -2.25. The van der Waals surface area contributed by atoms with E-state index in [1.165, 1.54) is 13.2 Å². The molecule has 0 aromatic heterocycles. The van der Waals surface area contributed by atoms with Crippen LogP contribution in [0.5, 0.6) is 11.5 Å². The summed E-state index contributed by atoms with van der Waals surface area (Å²) in [4.78, 5) is 12.4. The van der Waals surface area contributed by atoms with E-state index >= 15 is 0 Å². The molecular formula is C14H20N2O3. The average Bonchev–Trinajstić information content (AvgIpc) is 2.89. The summed E-state index contributed by atoms with van der Waals surface area (Å²) >= 11 is 0. The average molecular weight is 264 g/mol. The Morgan fingerprint density at radius 2 is 2.37 bits per heavy atom. The number of nitrogens with one attached hydrogen (secondary N) is 2. The summed E-state index contributed by atoms with van der Waals surface area (Å²) in [5, 5.41) is 15.8. The lowest BCUT2D eigenvalue weighted by atomic mass is 9.83. The lowest BCUT2D eigenvalue weighted by molar-refractivity contribution is -0.124. The first kappa shape index (κ1) is 13.7. The maximum atomic E-state index is 12.4. The van der Waals surface area contributed by atoms with Gasteiger partial charge in [0.05, 0.1) is 12.5 Å². The molecule has 1 fully saturated rings. The SMILES string of the molecule is CCC1(C(=O)Nc2ccc(OC)c(O)c2)CCNC1. The van der Waals surface area contributed by atoms with Crippen LogP contribution in [0.4, 0.5) is 5.69 Å². The van der Waals surface area contributed by atoms with Gasteiger partial charge in [0, 0.05) is 18.3 Å². The molecule has 1 amide bonds. The second-order valence-electron chi connectivity index (χ2n) is 4.90. The molecule has 1 aliphatic rings. The quantitative estimate of drug-likeness (QED) is 0.774. The monoisotopic (exact) mass is 264 g/mol. The van der Waals surface area contributed by atoms with E-state index in [0.717, 1.165) is 19.4 Å². The number of rotatable bonds is 4. The van der Waals surface area contributed by atoms with E-state index < -0.39 is 0 Å². The molecule has 1 aliphatic heterocycles. The van der Waals surface area contributed by atoms with Gasteiger partial charge in [-0.3, -0.25) is 4.79 Å². The van der Waals surface area contributed by atoms with Gasteiger partial charge in [0.1, 0.15) is 0 Å². The summed E-state index contributed by atoms with van der Waals surface area (Å²) in [6.45, 7) is 3.60. The van der Waals surface area contributed by atoms with Crippen molar-refractivity contribution in [3.63, 3.8) is 0 Å². The van der Waals surface area contributed by atoms with Crippen molar-refractivity contribution in [3.8, 4) is 11.5 Å². The van der Waals surface area contributed by atoms with Gasteiger partial charge in [-0.1, -0.05) is 6.92 Å². The zero-order valence-corrected chi connectivity index (χ0v) is 11.3. The van der Waals surface area contributed by atoms with Gasteiger partial charge < -0.3 is 20.5 Å². The number of anilines is 1. The molecule has 1 saturated heterocycles. The molecule has 0 bridgehead atoms. The number of hydrogen-bond acceptors (Lipinski definition) is 4. The van der Waals surface area contributed by atoms with E-state index in [1.54, 1.807) is 12.1 Å². The van der Waals surface area contributed by atoms with Crippen molar-refractivity contribution in [2.24, 2.45) is 5.41 Å². The second-order valence-corrected chi connectivity index (χ2v) is 4.90. The Labute approximate surface area is 113 Å². The van der Waals surface area contributed by atoms with Crippen LogP contribution in [0.3, 0.4) is 0 Å². The molecule has 1 aromatic carbocycles. The largest absolute Gasteiger partial charge is 0.504 e. The Morgan fingerprint density at radius 1 is 1.58 bits per heavy atom. The van der Waals surface area contributed by atoms with E-state index in [2.05, 4.69) is 10.6 Å². The number of benzene rings is 1. The molecular weight excluding hydrogens is 244 g/mol. The molecule has 1 heterocycles. The van der Waals surface area contributed by atoms with Crippen LogP contribution in [-0.2, 0) is 4.79 Å². The van der Waals surface area contributed by atoms with Crippen LogP contribution in [0.25, 0.3) is 0 Å². The fraction of sp³-hybridized carbons (Fsp3) is 0.500. The third kappa shape index (κ3) is 2.66. The highest BCUT2D eigenvalue weighted by molar-refractivity contribution is 5.96. The van der Waals surface area contributed by atoms with Crippen LogP contribution in [0.1, 0.15) is 19.8 Å². The fourth-order valence-electron chi connectivity index (χ4n) is 2.43. The minimum atomic E-state index is -0.338. The molecule has 19 heavy (non-hydrogen) atoms. The van der Waals surface area contributed by atoms with Gasteiger partial charge in [0.2, 0.25) is 5.91 Å². The highest BCUT2D eigenvalue weighted by atomic mass is 16.5. The Balaban J connectivity index is 2.12. The van der Waals surface area contributed by atoms with Crippen molar-refractivity contribution in [3.05, 3.63) is 18.2 Å². The number of aromatic hydroxyl groups is 1. The molecule has 1 atom stereocenters. The van der Waals surface area contributed by atoms with Crippen molar-refractivity contribution >= 4 is 11.6 Å². The molecule has 104 valence electrons. The minimum Gasteiger partial charge on any atom is -0.504 e. The minimum absolute atomic E-state index is 0.00423. The van der Waals surface area contributed by atoms with Gasteiger partial charge in [-0.05, 0) is 31.5 Å². The number of phenols is 1. The first-order valence-electron chi connectivity index (χ1n) is 6.50. The normalized spacial score (nSPS) is 22.2. The van der Waals surface area contributed by atoms with E-state index in [-0.39, 0.29) is 17.1 Å². The maximum Gasteiger partial charge on any atom is 0.231 e. The van der Waals surface area contributed by atoms with Crippen LogP contribution in [-0.4, -0.2) is 31.2 Å². The Kier molecular flexibility index (Phi) is 3.95. The molecule has 2 rings (SSSR count). The van der Waals surface area contributed by atoms with Crippen molar-refractivity contribution in [1.82, 2.24) is 5.32 Å². The topological polar surface area (TPSA) is 70.6 Å². The standard InChI is InChI=1S/C14H20N2O3/c1-3-14(6-7-15-9-14)13(18)16-10-4-5-12(19-2)11(17)8-10/h4-5,8,15,17H,3,6-7,9H2,1-2H3,(H,16,18). The number of phenolic OH excluding ortho intramolecular Hbond substituents is 1. The van der Waals surface area contributed by atoms with Gasteiger partial charge in [-0.25, -0.2) is 0 Å². The van der Waals surface area contributed by atoms with Crippen molar-refractivity contribution in [1.29, 1.82) is 0 Å². The number of ether oxygens (including phenoxy) is 1. The molecule has 5 nitrogen and oxygen atoms in total. The van der Waals surface area contributed by atoms with Gasteiger partial charge >= 0.3 is 0 Å². The highest BCUT2D eigenvalue weighted by Gasteiger charge is 2.39. The van der Waals surface area contributed by atoms with Gasteiger partial charge in [0.25, 0.3) is 0 Å². The molecule has 0 radical (unpaired) electrons. The third-order valence-corrected chi connectivity index (χ3v) is 3.84. The van der Waals surface area contributed by atoms with Gasteiger partial charge in [-0.15, -0.1) is 0 Å². The zero-order valence-electron chi connectivity index (χ0n) is 11.3. The highest BCUT2D eigenvalue weighted by Crippen LogP contribution is 2.33. The van der Waals surface area contributed by atoms with Crippen molar-refractivity contribution in [2.45, 2.75) is 19.8 Å². The lowest BCUT2D eigenvalue weighted by Crippen LogP contribution is -2.37. The predicted octanol–water partition coefficient (Wildman–Crippen LogP) is 1.73. The number of hydrogen-bond donors (Lipinski definition) is 3. The molecule has 5 heteroatoms. The molecule has 0 aliphatic carbocycles. The summed E-state index contributed by atoms with van der Waals surface area (Å²) < 4.78 is 4.97. The third-order valence-electron chi connectivity index (χ3n) is 3.84. The summed E-state index contributed by atoms with van der Waals surface area (Å²) in [7, 11) is 1.49.